The molecule has 0 radical (unpaired) electrons. The number of nitrogens with one attached hydrogen (secondary N) is 1. The first-order chi connectivity index (χ1) is 13.6. The topological polar surface area (TPSA) is 75.7 Å². The molecule has 6 nitrogen and oxygen atoms in total. The van der Waals surface area contributed by atoms with Gasteiger partial charge in [0.2, 0.25) is 0 Å². The Hall–Kier alpha value is -2.67. The lowest BCUT2D eigenvalue weighted by molar-refractivity contribution is -0.138. The molecule has 1 atom stereocenters. The van der Waals surface area contributed by atoms with Crippen LogP contribution in [0.5, 0.6) is 0 Å². The predicted octanol–water partition coefficient (Wildman–Crippen LogP) is 3.95. The van der Waals surface area contributed by atoms with E-state index in [0.29, 0.717) is 16.1 Å². The number of likely N-dealkylation sites (tertiary alicyclic amines) is 1. The highest BCUT2D eigenvalue weighted by molar-refractivity contribution is 7.12. The van der Waals surface area contributed by atoms with Gasteiger partial charge in [-0.15, -0.1) is 11.3 Å². The van der Waals surface area contributed by atoms with E-state index in [9.17, 15) is 14.4 Å². The third kappa shape index (κ3) is 4.98. The van der Waals surface area contributed by atoms with Crippen molar-refractivity contribution in [2.45, 2.75) is 38.6 Å². The number of hydrogen-bond acceptors (Lipinski definition) is 5. The summed E-state index contributed by atoms with van der Waals surface area (Å²) < 4.78 is 5.23. The number of rotatable bonds is 6. The highest BCUT2D eigenvalue weighted by atomic mass is 32.1. The molecule has 1 aliphatic rings. The molecular formula is C21H24N2O4S. The van der Waals surface area contributed by atoms with Crippen molar-refractivity contribution in [3.8, 4) is 0 Å². The second kappa shape index (κ2) is 9.50. The van der Waals surface area contributed by atoms with E-state index in [4.69, 9.17) is 4.74 Å². The van der Waals surface area contributed by atoms with Crippen molar-refractivity contribution < 1.29 is 19.1 Å². The number of esters is 1. The number of ether oxygens (including phenoxy) is 1. The second-order valence-electron chi connectivity index (χ2n) is 6.73. The molecule has 1 N–H and O–H groups in total. The number of amides is 2. The van der Waals surface area contributed by atoms with E-state index in [1.165, 1.54) is 11.3 Å². The van der Waals surface area contributed by atoms with Crippen LogP contribution in [0.4, 0.5) is 5.69 Å². The smallest absolute Gasteiger partial charge is 0.338 e. The lowest BCUT2D eigenvalue weighted by atomic mass is 10.00. The maximum atomic E-state index is 12.4. The van der Waals surface area contributed by atoms with E-state index >= 15 is 0 Å². The zero-order chi connectivity index (χ0) is 19.9. The Balaban J connectivity index is 1.57. The number of carbonyl (C=O) groups is 3. The van der Waals surface area contributed by atoms with Gasteiger partial charge in [-0.2, -0.15) is 0 Å². The molecule has 1 saturated heterocycles. The Morgan fingerprint density at radius 1 is 1.21 bits per heavy atom. The first-order valence-electron chi connectivity index (χ1n) is 9.50. The van der Waals surface area contributed by atoms with Crippen molar-refractivity contribution in [1.82, 2.24) is 4.90 Å². The third-order valence-electron chi connectivity index (χ3n) is 4.85. The van der Waals surface area contributed by atoms with E-state index in [0.717, 1.165) is 32.2 Å². The summed E-state index contributed by atoms with van der Waals surface area (Å²) >= 11 is 1.34. The van der Waals surface area contributed by atoms with Gasteiger partial charge in [-0.3, -0.25) is 9.59 Å². The van der Waals surface area contributed by atoms with E-state index in [-0.39, 0.29) is 24.5 Å². The molecule has 2 heterocycles. The average Bonchev–Trinajstić information content (AvgIpc) is 3.27. The summed E-state index contributed by atoms with van der Waals surface area (Å²) in [6.45, 7) is 2.53. The summed E-state index contributed by atoms with van der Waals surface area (Å²) in [5, 5.41) is 4.58. The fourth-order valence-corrected chi connectivity index (χ4v) is 3.99. The van der Waals surface area contributed by atoms with Gasteiger partial charge in [0.25, 0.3) is 11.8 Å². The van der Waals surface area contributed by atoms with Gasteiger partial charge in [-0.05, 0) is 55.3 Å². The van der Waals surface area contributed by atoms with Gasteiger partial charge in [0.1, 0.15) is 0 Å². The minimum atomic E-state index is -0.578. The molecule has 0 spiro atoms. The van der Waals surface area contributed by atoms with Gasteiger partial charge in [-0.1, -0.05) is 19.1 Å². The molecule has 148 valence electrons. The van der Waals surface area contributed by atoms with E-state index < -0.39 is 5.97 Å². The van der Waals surface area contributed by atoms with Gasteiger partial charge in [0.15, 0.2) is 6.61 Å². The summed E-state index contributed by atoms with van der Waals surface area (Å²) in [5.41, 5.74) is 0.795. The fourth-order valence-electron chi connectivity index (χ4n) is 3.37. The average molecular weight is 401 g/mol. The number of benzene rings is 1. The molecule has 1 fully saturated rings. The fraction of sp³-hybridized carbons (Fsp3) is 0.381. The van der Waals surface area contributed by atoms with Crippen LogP contribution in [0.25, 0.3) is 0 Å². The predicted molar refractivity (Wildman–Crippen MR) is 109 cm³/mol. The van der Waals surface area contributed by atoms with Gasteiger partial charge >= 0.3 is 5.97 Å². The first-order valence-corrected chi connectivity index (χ1v) is 10.4. The molecule has 1 aliphatic heterocycles. The Morgan fingerprint density at radius 3 is 2.82 bits per heavy atom. The lowest BCUT2D eigenvalue weighted by Crippen LogP contribution is -2.45. The molecule has 0 bridgehead atoms. The highest BCUT2D eigenvalue weighted by Crippen LogP contribution is 2.20. The van der Waals surface area contributed by atoms with Gasteiger partial charge in [0.05, 0.1) is 10.4 Å². The van der Waals surface area contributed by atoms with Crippen LogP contribution in [0.3, 0.4) is 0 Å². The Kier molecular flexibility index (Phi) is 6.81. The summed E-state index contributed by atoms with van der Waals surface area (Å²) in [4.78, 5) is 39.3. The molecule has 2 amide bonds. The van der Waals surface area contributed by atoms with Crippen molar-refractivity contribution in [2.75, 3.05) is 18.5 Å². The Labute approximate surface area is 168 Å². The molecule has 28 heavy (non-hydrogen) atoms. The van der Waals surface area contributed by atoms with Gasteiger partial charge in [0, 0.05) is 18.3 Å². The maximum Gasteiger partial charge on any atom is 0.338 e. The number of piperidine rings is 1. The number of thiophene rings is 1. The number of nitrogens with zero attached hydrogens (tertiary/aromatic N) is 1. The van der Waals surface area contributed by atoms with E-state index in [2.05, 4.69) is 12.2 Å². The molecular weight excluding hydrogens is 376 g/mol. The highest BCUT2D eigenvalue weighted by Gasteiger charge is 2.26. The summed E-state index contributed by atoms with van der Waals surface area (Å²) in [6.07, 6.45) is 4.03. The monoisotopic (exact) mass is 400 g/mol. The zero-order valence-corrected chi connectivity index (χ0v) is 16.7. The van der Waals surface area contributed by atoms with Crippen LogP contribution in [-0.4, -0.2) is 41.9 Å². The largest absolute Gasteiger partial charge is 0.452 e. The van der Waals surface area contributed by atoms with E-state index in [1.54, 1.807) is 36.4 Å². The molecule has 0 unspecified atom stereocenters. The standard InChI is InChI=1S/C21H24N2O4S/c1-2-17-9-3-4-11-23(17)19(24)14-27-21(26)15-7-5-8-16(13-15)22-20(25)18-10-6-12-28-18/h5-8,10,12-13,17H,2-4,9,11,14H2,1H3,(H,22,25)/t17-/m1/s1. The molecule has 1 aromatic carbocycles. The van der Waals surface area contributed by atoms with Crippen LogP contribution >= 0.6 is 11.3 Å². The molecule has 0 aliphatic carbocycles. The first kappa shape index (κ1) is 20.1. The van der Waals surface area contributed by atoms with Crippen LogP contribution < -0.4 is 5.32 Å². The second-order valence-corrected chi connectivity index (χ2v) is 7.68. The van der Waals surface area contributed by atoms with Crippen molar-refractivity contribution in [3.05, 3.63) is 52.2 Å². The molecule has 7 heteroatoms. The zero-order valence-electron chi connectivity index (χ0n) is 15.8. The number of hydrogen-bond donors (Lipinski definition) is 1. The number of carbonyl (C=O) groups excluding carboxylic acids is 3. The van der Waals surface area contributed by atoms with Crippen molar-refractivity contribution in [3.63, 3.8) is 0 Å². The molecule has 3 rings (SSSR count). The van der Waals surface area contributed by atoms with Crippen LogP contribution in [0.2, 0.25) is 0 Å². The van der Waals surface area contributed by atoms with Crippen LogP contribution in [0.15, 0.2) is 41.8 Å². The van der Waals surface area contributed by atoms with Crippen LogP contribution in [-0.2, 0) is 9.53 Å². The Bertz CT molecular complexity index is 835. The Morgan fingerprint density at radius 2 is 2.07 bits per heavy atom. The van der Waals surface area contributed by atoms with Crippen LogP contribution in [0.1, 0.15) is 52.6 Å². The minimum Gasteiger partial charge on any atom is -0.452 e. The maximum absolute atomic E-state index is 12.4. The normalized spacial score (nSPS) is 16.5. The van der Waals surface area contributed by atoms with Crippen molar-refractivity contribution in [2.24, 2.45) is 0 Å². The quantitative estimate of drug-likeness (QED) is 0.745. The molecule has 0 saturated carbocycles. The third-order valence-corrected chi connectivity index (χ3v) is 5.72. The summed E-state index contributed by atoms with van der Waals surface area (Å²) in [6, 6.07) is 10.3. The molecule has 1 aromatic heterocycles. The van der Waals surface area contributed by atoms with Crippen molar-refractivity contribution >= 4 is 34.8 Å². The molecule has 2 aromatic rings. The minimum absolute atomic E-state index is 0.151. The SMILES string of the molecule is CC[C@@H]1CCCCN1C(=O)COC(=O)c1cccc(NC(=O)c2cccs2)c1. The van der Waals surface area contributed by atoms with Crippen molar-refractivity contribution in [1.29, 1.82) is 0 Å². The van der Waals surface area contributed by atoms with Crippen LogP contribution in [0, 0.1) is 0 Å². The lowest BCUT2D eigenvalue weighted by Gasteiger charge is -2.35. The van der Waals surface area contributed by atoms with Gasteiger partial charge < -0.3 is 15.0 Å². The number of anilines is 1. The summed E-state index contributed by atoms with van der Waals surface area (Å²) in [5.74, 6) is -0.959. The summed E-state index contributed by atoms with van der Waals surface area (Å²) in [7, 11) is 0. The van der Waals surface area contributed by atoms with E-state index in [1.807, 2.05) is 10.3 Å². The van der Waals surface area contributed by atoms with Gasteiger partial charge in [-0.25, -0.2) is 4.79 Å².